The van der Waals surface area contributed by atoms with E-state index in [-0.39, 0.29) is 48.7 Å². The van der Waals surface area contributed by atoms with Gasteiger partial charge in [-0.3, -0.25) is 0 Å². The van der Waals surface area contributed by atoms with Gasteiger partial charge in [-0.15, -0.1) is 0 Å². The SMILES string of the molecule is Cc1c(CC2(C(C)(C)C)C=CC(O)=C(C(C)(C)C)C2)c(C)c(CC2(C(C)(C)C)C=CC(O)=C(C(C)(C)C)C2)c(C)c1CC1(C(C)(C)C)C=CC(O)=C(C(C)(C)C)C1. The first kappa shape index (κ1) is 46.7. The van der Waals surface area contributed by atoms with Crippen molar-refractivity contribution in [2.75, 3.05) is 0 Å². The molecule has 3 unspecified atom stereocenters. The van der Waals surface area contributed by atoms with Crippen molar-refractivity contribution in [1.29, 1.82) is 0 Å². The monoisotopic (exact) mass is 781 g/mol. The summed E-state index contributed by atoms with van der Waals surface area (Å²) in [7, 11) is 0. The van der Waals surface area contributed by atoms with Crippen molar-refractivity contribution in [2.45, 2.75) is 184 Å². The zero-order chi connectivity index (χ0) is 43.9. The van der Waals surface area contributed by atoms with Gasteiger partial charge in [0, 0.05) is 16.2 Å². The van der Waals surface area contributed by atoms with Crippen LogP contribution in [0.15, 0.2) is 70.5 Å². The van der Waals surface area contributed by atoms with E-state index in [4.69, 9.17) is 0 Å². The van der Waals surface area contributed by atoms with Gasteiger partial charge in [-0.25, -0.2) is 0 Å². The minimum absolute atomic E-state index is 0.0872. The molecule has 0 saturated carbocycles. The third-order valence-corrected chi connectivity index (χ3v) is 15.5. The maximum absolute atomic E-state index is 11.3. The highest BCUT2D eigenvalue weighted by atomic mass is 16.3. The molecule has 3 heteroatoms. The van der Waals surface area contributed by atoms with Gasteiger partial charge in [0.05, 0.1) is 0 Å². The molecule has 0 aliphatic heterocycles. The fourth-order valence-corrected chi connectivity index (χ4v) is 10.2. The molecule has 0 fully saturated rings. The summed E-state index contributed by atoms with van der Waals surface area (Å²) < 4.78 is 0. The minimum Gasteiger partial charge on any atom is -0.508 e. The molecule has 3 N–H and O–H groups in total. The van der Waals surface area contributed by atoms with Crippen LogP contribution in [0.2, 0.25) is 0 Å². The second kappa shape index (κ2) is 14.7. The van der Waals surface area contributed by atoms with Crippen LogP contribution in [0, 0.1) is 69.5 Å². The molecule has 0 aromatic heterocycles. The molecular weight excluding hydrogens is 697 g/mol. The first-order valence-corrected chi connectivity index (χ1v) is 21.9. The lowest BCUT2D eigenvalue weighted by molar-refractivity contribution is 0.125. The molecule has 57 heavy (non-hydrogen) atoms. The molecule has 1 aromatic carbocycles. The molecule has 0 spiro atoms. The Bertz CT molecular complexity index is 1680. The maximum Gasteiger partial charge on any atom is 0.115 e. The van der Waals surface area contributed by atoms with E-state index < -0.39 is 0 Å². The topological polar surface area (TPSA) is 60.7 Å². The van der Waals surface area contributed by atoms with Crippen LogP contribution in [0.1, 0.15) is 177 Å². The number of allylic oxidation sites excluding steroid dienone is 9. The van der Waals surface area contributed by atoms with Crippen LogP contribution < -0.4 is 0 Å². The van der Waals surface area contributed by atoms with Crippen molar-refractivity contribution in [3.05, 3.63) is 104 Å². The van der Waals surface area contributed by atoms with Crippen LogP contribution >= 0.6 is 0 Å². The number of hydrogen-bond donors (Lipinski definition) is 3. The number of aliphatic hydroxyl groups is 3. The van der Waals surface area contributed by atoms with E-state index in [2.05, 4.69) is 164 Å². The summed E-state index contributed by atoms with van der Waals surface area (Å²) in [4.78, 5) is 0. The van der Waals surface area contributed by atoms with E-state index in [9.17, 15) is 15.3 Å². The Morgan fingerprint density at radius 1 is 0.386 bits per heavy atom. The summed E-state index contributed by atoms with van der Waals surface area (Å²) in [6.45, 7) is 48.6. The Labute approximate surface area is 350 Å². The fraction of sp³-hybridized carbons (Fsp3) is 0.667. The quantitative estimate of drug-likeness (QED) is 0.269. The predicted molar refractivity (Wildman–Crippen MR) is 246 cm³/mol. The van der Waals surface area contributed by atoms with E-state index in [0.717, 1.165) is 55.2 Å². The van der Waals surface area contributed by atoms with Crippen LogP contribution in [0.3, 0.4) is 0 Å². The zero-order valence-electron chi connectivity index (χ0n) is 40.5. The summed E-state index contributed by atoms with van der Waals surface area (Å²) in [5, 5.41) is 33.9. The Morgan fingerprint density at radius 2 is 0.579 bits per heavy atom. The van der Waals surface area contributed by atoms with Crippen LogP contribution in [-0.4, -0.2) is 15.3 Å². The van der Waals surface area contributed by atoms with Crippen LogP contribution in [0.4, 0.5) is 0 Å². The van der Waals surface area contributed by atoms with E-state index in [0.29, 0.717) is 17.3 Å². The van der Waals surface area contributed by atoms with E-state index >= 15 is 0 Å². The average Bonchev–Trinajstić information content (AvgIpc) is 3.02. The van der Waals surface area contributed by atoms with E-state index in [1.54, 1.807) is 0 Å². The van der Waals surface area contributed by atoms with Crippen molar-refractivity contribution < 1.29 is 15.3 Å². The number of aliphatic hydroxyl groups excluding tert-OH is 3. The van der Waals surface area contributed by atoms with Gasteiger partial charge in [0.1, 0.15) is 17.3 Å². The summed E-state index contributed by atoms with van der Waals surface area (Å²) in [5.41, 5.74) is 10.4. The largest absolute Gasteiger partial charge is 0.508 e. The van der Waals surface area contributed by atoms with E-state index in [1.807, 2.05) is 18.2 Å². The van der Waals surface area contributed by atoms with Gasteiger partial charge in [0.2, 0.25) is 0 Å². The molecule has 3 aliphatic carbocycles. The summed E-state index contributed by atoms with van der Waals surface area (Å²) in [6, 6.07) is 0. The van der Waals surface area contributed by atoms with E-state index in [1.165, 1.54) is 33.4 Å². The molecule has 3 nitrogen and oxygen atoms in total. The Hall–Kier alpha value is -2.94. The molecule has 3 aliphatic rings. The predicted octanol–water partition coefficient (Wildman–Crippen LogP) is 15.8. The average molecular weight is 781 g/mol. The fourth-order valence-electron chi connectivity index (χ4n) is 10.2. The summed E-state index contributed by atoms with van der Waals surface area (Å²) >= 11 is 0. The van der Waals surface area contributed by atoms with Gasteiger partial charge < -0.3 is 15.3 Å². The van der Waals surface area contributed by atoms with Gasteiger partial charge in [0.15, 0.2) is 0 Å². The lowest BCUT2D eigenvalue weighted by Gasteiger charge is -2.50. The Kier molecular flexibility index (Phi) is 12.0. The third kappa shape index (κ3) is 8.71. The van der Waals surface area contributed by atoms with Crippen molar-refractivity contribution >= 4 is 0 Å². The smallest absolute Gasteiger partial charge is 0.115 e. The highest BCUT2D eigenvalue weighted by molar-refractivity contribution is 5.54. The highest BCUT2D eigenvalue weighted by Gasteiger charge is 2.49. The number of rotatable bonds is 6. The van der Waals surface area contributed by atoms with Crippen LogP contribution in [0.5, 0.6) is 0 Å². The molecule has 1 aromatic rings. The molecule has 0 radical (unpaired) electrons. The van der Waals surface area contributed by atoms with Crippen molar-refractivity contribution in [2.24, 2.45) is 48.7 Å². The molecule has 0 saturated heterocycles. The highest BCUT2D eigenvalue weighted by Crippen LogP contribution is 2.58. The van der Waals surface area contributed by atoms with Crippen LogP contribution in [0.25, 0.3) is 0 Å². The first-order valence-electron chi connectivity index (χ1n) is 21.9. The Balaban J connectivity index is 2.09. The van der Waals surface area contributed by atoms with Crippen molar-refractivity contribution in [3.8, 4) is 0 Å². The van der Waals surface area contributed by atoms with Crippen LogP contribution in [-0.2, 0) is 19.3 Å². The standard InChI is InChI=1S/C54H84O3/c1-34-37(28-52(49(13,14)15)25-22-43(55)40(31-52)46(4,5)6)35(2)39(30-54(51(19,20)21)27-24-45(57)42(33-54)48(10,11)12)36(3)38(34)29-53(50(16,17)18)26-23-44(56)41(32-53)47(7,8)9/h22-27,55-57H,28-33H2,1-21H3. The third-order valence-electron chi connectivity index (χ3n) is 15.5. The second-order valence-corrected chi connectivity index (χ2v) is 24.9. The van der Waals surface area contributed by atoms with Crippen molar-refractivity contribution in [3.63, 3.8) is 0 Å². The molecule has 0 amide bonds. The first-order chi connectivity index (χ1) is 25.4. The molecule has 0 heterocycles. The zero-order valence-corrected chi connectivity index (χ0v) is 40.5. The van der Waals surface area contributed by atoms with Gasteiger partial charge in [0.25, 0.3) is 0 Å². The maximum atomic E-state index is 11.3. The summed E-state index contributed by atoms with van der Waals surface area (Å²) in [5.74, 6) is 1.27. The van der Waals surface area contributed by atoms with Gasteiger partial charge >= 0.3 is 0 Å². The molecule has 3 atom stereocenters. The number of benzene rings is 1. The lowest BCUT2D eigenvalue weighted by atomic mass is 9.54. The Morgan fingerprint density at radius 3 is 0.737 bits per heavy atom. The lowest BCUT2D eigenvalue weighted by Crippen LogP contribution is -2.42. The molecule has 4 rings (SSSR count). The molecule has 0 bridgehead atoms. The van der Waals surface area contributed by atoms with Crippen molar-refractivity contribution in [1.82, 2.24) is 0 Å². The van der Waals surface area contributed by atoms with Gasteiger partial charge in [-0.1, -0.05) is 143 Å². The van der Waals surface area contributed by atoms with Gasteiger partial charge in [-0.2, -0.15) is 0 Å². The molecular formula is C54H84O3. The minimum atomic E-state index is -0.220. The van der Waals surface area contributed by atoms with Gasteiger partial charge in [-0.05, 0) is 160 Å². The normalized spacial score (nSPS) is 25.6. The second-order valence-electron chi connectivity index (χ2n) is 24.9. The number of hydrogen-bond acceptors (Lipinski definition) is 3. The summed E-state index contributed by atoms with van der Waals surface area (Å²) in [6.07, 6.45) is 18.0. The molecule has 318 valence electrons.